The van der Waals surface area contributed by atoms with Gasteiger partial charge >= 0.3 is 0 Å². The summed E-state index contributed by atoms with van der Waals surface area (Å²) < 4.78 is 43.6. The van der Waals surface area contributed by atoms with E-state index in [-0.39, 0.29) is 35.7 Å². The van der Waals surface area contributed by atoms with Crippen molar-refractivity contribution in [2.75, 3.05) is 0 Å². The molecule has 2 aromatic carbocycles. The van der Waals surface area contributed by atoms with Gasteiger partial charge in [0.25, 0.3) is 5.56 Å². The SMILES string of the molecule is Cl.Cn1cc(-c2ncc(F)c(=O)[nH]2)nc1Cc1ccccc1F.Cn1cc(C(=N)N)nc1Cc1ccccc1F. The lowest BCUT2D eigenvalue weighted by atomic mass is 10.1. The van der Waals surface area contributed by atoms with Crippen LogP contribution in [0.25, 0.3) is 11.5 Å². The normalized spacial score (nSPS) is 10.4. The fraction of sp³-hybridized carbons (Fsp3) is 0.148. The Morgan fingerprint density at radius 2 is 1.40 bits per heavy atom. The molecule has 0 atom stereocenters. The molecule has 0 aliphatic carbocycles. The largest absolute Gasteiger partial charge is 0.382 e. The number of hydrogen-bond acceptors (Lipinski definition) is 5. The minimum Gasteiger partial charge on any atom is -0.382 e. The van der Waals surface area contributed by atoms with Gasteiger partial charge in [-0.15, -0.1) is 12.4 Å². The molecule has 3 heterocycles. The van der Waals surface area contributed by atoms with Crippen LogP contribution in [0.1, 0.15) is 28.5 Å². The van der Waals surface area contributed by atoms with E-state index < -0.39 is 11.4 Å². The van der Waals surface area contributed by atoms with Gasteiger partial charge in [0.1, 0.15) is 40.5 Å². The Hall–Kier alpha value is -4.71. The number of amidine groups is 1. The second-order valence-corrected chi connectivity index (χ2v) is 8.67. The smallest absolute Gasteiger partial charge is 0.287 e. The van der Waals surface area contributed by atoms with Crippen LogP contribution in [0.2, 0.25) is 0 Å². The van der Waals surface area contributed by atoms with E-state index in [0.717, 1.165) is 6.20 Å². The lowest BCUT2D eigenvalue weighted by molar-refractivity contribution is 0.601. The number of nitrogens with one attached hydrogen (secondary N) is 2. The average Bonchev–Trinajstić information content (AvgIpc) is 3.46. The number of hydrogen-bond donors (Lipinski definition) is 3. The summed E-state index contributed by atoms with van der Waals surface area (Å²) in [6.07, 6.45) is 4.84. The lowest BCUT2D eigenvalue weighted by Crippen LogP contribution is -2.12. The zero-order valence-electron chi connectivity index (χ0n) is 21.5. The van der Waals surface area contributed by atoms with Crippen LogP contribution in [0, 0.1) is 22.9 Å². The summed E-state index contributed by atoms with van der Waals surface area (Å²) in [7, 11) is 3.56. The summed E-state index contributed by atoms with van der Waals surface area (Å²) in [6.45, 7) is 0. The molecular weight excluding hydrogens is 545 g/mol. The summed E-state index contributed by atoms with van der Waals surface area (Å²) in [5.41, 5.74) is 6.40. The highest BCUT2D eigenvalue weighted by Gasteiger charge is 2.13. The van der Waals surface area contributed by atoms with Crippen molar-refractivity contribution in [3.05, 3.63) is 123 Å². The van der Waals surface area contributed by atoms with Crippen molar-refractivity contribution < 1.29 is 13.2 Å². The fourth-order valence-electron chi connectivity index (χ4n) is 3.72. The molecule has 0 aliphatic heterocycles. The molecular formula is C27H26ClF3N8O. The topological polar surface area (TPSA) is 131 Å². The molecule has 0 spiro atoms. The van der Waals surface area contributed by atoms with Gasteiger partial charge in [0.05, 0.1) is 6.20 Å². The number of imidazole rings is 2. The van der Waals surface area contributed by atoms with Crippen molar-refractivity contribution >= 4 is 18.2 Å². The van der Waals surface area contributed by atoms with E-state index in [2.05, 4.69) is 19.9 Å². The number of aryl methyl sites for hydroxylation is 2. The molecule has 40 heavy (non-hydrogen) atoms. The van der Waals surface area contributed by atoms with E-state index in [1.165, 1.54) is 12.1 Å². The Balaban J connectivity index is 0.000000222. The first-order valence-electron chi connectivity index (χ1n) is 11.7. The van der Waals surface area contributed by atoms with Crippen LogP contribution < -0.4 is 11.3 Å². The summed E-state index contributed by atoms with van der Waals surface area (Å²) in [5.74, 6) is -0.138. The van der Waals surface area contributed by atoms with Crippen LogP contribution in [0.15, 0.2) is 71.9 Å². The van der Waals surface area contributed by atoms with Crippen molar-refractivity contribution in [3.8, 4) is 11.5 Å². The van der Waals surface area contributed by atoms with Gasteiger partial charge in [-0.2, -0.15) is 4.39 Å². The van der Waals surface area contributed by atoms with E-state index in [1.807, 2.05) is 0 Å². The van der Waals surface area contributed by atoms with Crippen molar-refractivity contribution in [2.24, 2.45) is 19.8 Å². The fourth-order valence-corrected chi connectivity index (χ4v) is 3.72. The van der Waals surface area contributed by atoms with Crippen LogP contribution in [0.3, 0.4) is 0 Å². The second-order valence-electron chi connectivity index (χ2n) is 8.67. The van der Waals surface area contributed by atoms with E-state index in [4.69, 9.17) is 11.1 Å². The van der Waals surface area contributed by atoms with Crippen LogP contribution in [-0.4, -0.2) is 34.9 Å². The van der Waals surface area contributed by atoms with Gasteiger partial charge in [0.2, 0.25) is 5.82 Å². The number of nitrogen functional groups attached to an aromatic ring is 1. The van der Waals surface area contributed by atoms with Gasteiger partial charge in [-0.25, -0.2) is 23.7 Å². The highest BCUT2D eigenvalue weighted by Crippen LogP contribution is 2.17. The van der Waals surface area contributed by atoms with E-state index in [1.54, 1.807) is 72.0 Å². The summed E-state index contributed by atoms with van der Waals surface area (Å²) in [6, 6.07) is 13.0. The third kappa shape index (κ3) is 7.03. The maximum Gasteiger partial charge on any atom is 0.287 e. The minimum absolute atomic E-state index is 0. The number of nitrogens with two attached hydrogens (primary N) is 1. The number of aromatic amines is 1. The number of benzene rings is 2. The molecule has 5 aromatic rings. The summed E-state index contributed by atoms with van der Waals surface area (Å²) in [4.78, 5) is 25.9. The molecule has 0 amide bonds. The molecule has 0 aliphatic rings. The second kappa shape index (κ2) is 12.9. The number of H-pyrrole nitrogens is 1. The first-order chi connectivity index (χ1) is 18.6. The highest BCUT2D eigenvalue weighted by atomic mass is 35.5. The van der Waals surface area contributed by atoms with Crippen LogP contribution >= 0.6 is 12.4 Å². The third-order valence-electron chi connectivity index (χ3n) is 5.83. The number of nitrogens with zero attached hydrogens (tertiary/aromatic N) is 5. The first kappa shape index (κ1) is 29.8. The van der Waals surface area contributed by atoms with Crippen LogP contribution in [0.4, 0.5) is 13.2 Å². The van der Waals surface area contributed by atoms with Crippen LogP contribution in [-0.2, 0) is 26.9 Å². The first-order valence-corrected chi connectivity index (χ1v) is 11.7. The van der Waals surface area contributed by atoms with E-state index in [0.29, 0.717) is 47.0 Å². The Labute approximate surface area is 233 Å². The molecule has 0 saturated carbocycles. The van der Waals surface area contributed by atoms with Gasteiger partial charge in [-0.1, -0.05) is 36.4 Å². The van der Waals surface area contributed by atoms with Gasteiger partial charge in [-0.3, -0.25) is 10.2 Å². The maximum absolute atomic E-state index is 13.7. The molecule has 4 N–H and O–H groups in total. The zero-order valence-corrected chi connectivity index (χ0v) is 22.3. The summed E-state index contributed by atoms with van der Waals surface area (Å²) >= 11 is 0. The molecule has 208 valence electrons. The number of aromatic nitrogens is 6. The molecule has 0 saturated heterocycles. The van der Waals surface area contributed by atoms with Crippen molar-refractivity contribution in [2.45, 2.75) is 12.8 Å². The molecule has 3 aromatic heterocycles. The Morgan fingerprint density at radius 3 is 1.90 bits per heavy atom. The van der Waals surface area contributed by atoms with Gasteiger partial charge in [0, 0.05) is 39.3 Å². The Morgan fingerprint density at radius 1 is 0.875 bits per heavy atom. The average molecular weight is 571 g/mol. The molecule has 5 rings (SSSR count). The van der Waals surface area contributed by atoms with Gasteiger partial charge < -0.3 is 19.9 Å². The summed E-state index contributed by atoms with van der Waals surface area (Å²) in [5, 5.41) is 7.30. The molecule has 13 heteroatoms. The van der Waals surface area contributed by atoms with Crippen molar-refractivity contribution in [3.63, 3.8) is 0 Å². The lowest BCUT2D eigenvalue weighted by Gasteiger charge is -2.02. The van der Waals surface area contributed by atoms with E-state index in [9.17, 15) is 18.0 Å². The quantitative estimate of drug-likeness (QED) is 0.210. The molecule has 0 radical (unpaired) electrons. The monoisotopic (exact) mass is 570 g/mol. The minimum atomic E-state index is -0.953. The Kier molecular flexibility index (Phi) is 9.62. The van der Waals surface area contributed by atoms with Crippen LogP contribution in [0.5, 0.6) is 0 Å². The molecule has 0 unspecified atom stereocenters. The zero-order chi connectivity index (χ0) is 28.1. The predicted octanol–water partition coefficient (Wildman–Crippen LogP) is 3.90. The van der Waals surface area contributed by atoms with E-state index >= 15 is 0 Å². The van der Waals surface area contributed by atoms with Crippen molar-refractivity contribution in [1.29, 1.82) is 5.41 Å². The van der Waals surface area contributed by atoms with Crippen molar-refractivity contribution in [1.82, 2.24) is 29.1 Å². The third-order valence-corrected chi connectivity index (χ3v) is 5.83. The standard InChI is InChI=1S/C15H12F2N4O.C12H13FN4.ClH/c1-21-8-12(14-18-7-11(17)15(22)20-14)19-13(21)6-9-4-2-3-5-10(9)16;1-17-7-10(12(14)15)16-11(17)6-8-4-2-3-5-9(8)13;/h2-5,7-8H,6H2,1H3,(H,18,20,22);2-5,7H,6H2,1H3,(H3,14,15);1H. The molecule has 0 bridgehead atoms. The maximum atomic E-state index is 13.7. The predicted molar refractivity (Wildman–Crippen MR) is 147 cm³/mol. The number of halogens is 4. The molecule has 9 nitrogen and oxygen atoms in total. The Bertz CT molecular complexity index is 1700. The highest BCUT2D eigenvalue weighted by molar-refractivity contribution is 5.92. The van der Waals surface area contributed by atoms with Gasteiger partial charge in [-0.05, 0) is 23.3 Å². The molecule has 0 fully saturated rings. The van der Waals surface area contributed by atoms with Gasteiger partial charge in [0.15, 0.2) is 5.82 Å². The number of rotatable bonds is 6.